The zero-order chi connectivity index (χ0) is 26.3. The topological polar surface area (TPSA) is 88.4 Å². The molecule has 37 heavy (non-hydrogen) atoms. The third-order valence-electron chi connectivity index (χ3n) is 6.52. The highest BCUT2D eigenvalue weighted by Crippen LogP contribution is 2.48. The molecule has 0 saturated heterocycles. The lowest BCUT2D eigenvalue weighted by atomic mass is 9.80. The van der Waals surface area contributed by atoms with E-state index in [0.29, 0.717) is 38.2 Å². The number of nitrogens with one attached hydrogen (secondary N) is 1. The zero-order valence-electron chi connectivity index (χ0n) is 19.9. The highest BCUT2D eigenvalue weighted by atomic mass is 127. The van der Waals surface area contributed by atoms with Gasteiger partial charge in [0.25, 0.3) is 0 Å². The molecule has 6 nitrogen and oxygen atoms in total. The number of methoxy groups -OCH3 is 1. The van der Waals surface area contributed by atoms with Crippen LogP contribution in [-0.4, -0.2) is 18.9 Å². The molecule has 8 heteroatoms. The fourth-order valence-electron chi connectivity index (χ4n) is 4.83. The summed E-state index contributed by atoms with van der Waals surface area (Å²) in [5, 5.41) is 12.7. The molecule has 0 spiro atoms. The zero-order valence-corrected chi connectivity index (χ0v) is 23.6. The van der Waals surface area contributed by atoms with E-state index in [1.807, 2.05) is 55.5 Å². The predicted molar refractivity (Wildman–Crippen MR) is 151 cm³/mol. The van der Waals surface area contributed by atoms with E-state index in [2.05, 4.69) is 49.9 Å². The van der Waals surface area contributed by atoms with Crippen LogP contribution in [0.5, 0.6) is 5.75 Å². The summed E-state index contributed by atoms with van der Waals surface area (Å²) >= 11 is 5.82. The minimum Gasteiger partial charge on any atom is -0.487 e. The summed E-state index contributed by atoms with van der Waals surface area (Å²) in [6.07, 6.45) is 0. The van der Waals surface area contributed by atoms with Gasteiger partial charge in [0.05, 0.1) is 38.1 Å². The number of ether oxygens (including phenoxy) is 2. The van der Waals surface area contributed by atoms with E-state index in [9.17, 15) is 14.9 Å². The minimum atomic E-state index is -0.623. The Bertz CT molecular complexity index is 1560. The van der Waals surface area contributed by atoms with Crippen LogP contribution in [0, 0.1) is 14.9 Å². The van der Waals surface area contributed by atoms with E-state index in [4.69, 9.17) is 9.47 Å². The second-order valence-corrected chi connectivity index (χ2v) is 10.6. The average Bonchev–Trinajstić information content (AvgIpc) is 3.18. The van der Waals surface area contributed by atoms with Crippen molar-refractivity contribution in [3.63, 3.8) is 0 Å². The Kier molecular flexibility index (Phi) is 6.92. The van der Waals surface area contributed by atoms with Crippen LogP contribution in [0.4, 0.5) is 0 Å². The van der Waals surface area contributed by atoms with Crippen LogP contribution in [0.25, 0.3) is 5.70 Å². The number of dihydropyridines is 1. The second-order valence-electron chi connectivity index (χ2n) is 8.62. The molecule has 1 atom stereocenters. The third kappa shape index (κ3) is 4.36. The van der Waals surface area contributed by atoms with Gasteiger partial charge in [0, 0.05) is 33.9 Å². The number of hydrogen-bond acceptors (Lipinski definition) is 6. The normalized spacial score (nSPS) is 16.1. The number of esters is 1. The monoisotopic (exact) mass is 666 g/mol. The fraction of sp³-hybridized carbons (Fsp3) is 0.138. The standard InChI is InChI=1S/C29H20BrIN2O4/c1-15-23(29(35)36-2)24(25-26(33-15)19-9-5-6-10-20(19)27(25)34)18-11-21(30)28(22(31)12-18)37-14-17-8-4-3-7-16(17)13-32/h3-12,24,33H,14H2,1-2H3/t24-/m0/s1. The number of hydrogen-bond donors (Lipinski definition) is 1. The van der Waals surface area contributed by atoms with Crippen molar-refractivity contribution in [3.8, 4) is 11.8 Å². The molecule has 0 unspecified atom stereocenters. The Labute approximate surface area is 236 Å². The molecule has 1 N–H and O–H groups in total. The number of nitriles is 1. The molecule has 3 aromatic rings. The maximum atomic E-state index is 13.6. The van der Waals surface area contributed by atoms with Crippen LogP contribution in [0.3, 0.4) is 0 Å². The van der Waals surface area contributed by atoms with Crippen molar-refractivity contribution in [2.24, 2.45) is 0 Å². The molecule has 1 heterocycles. The van der Waals surface area contributed by atoms with E-state index in [0.717, 1.165) is 26.0 Å². The van der Waals surface area contributed by atoms with Gasteiger partial charge in [-0.2, -0.15) is 5.26 Å². The molecule has 0 bridgehead atoms. The summed E-state index contributed by atoms with van der Waals surface area (Å²) in [7, 11) is 1.34. The van der Waals surface area contributed by atoms with Crippen molar-refractivity contribution >= 4 is 56.0 Å². The van der Waals surface area contributed by atoms with Crippen molar-refractivity contribution in [1.29, 1.82) is 5.26 Å². The molecular formula is C29H20BrIN2O4. The molecule has 0 saturated carbocycles. The molecular weight excluding hydrogens is 647 g/mol. The number of ketones is 1. The lowest BCUT2D eigenvalue weighted by molar-refractivity contribution is -0.136. The lowest BCUT2D eigenvalue weighted by Gasteiger charge is -2.29. The first-order valence-electron chi connectivity index (χ1n) is 11.4. The summed E-state index contributed by atoms with van der Waals surface area (Å²) in [6.45, 7) is 2.04. The van der Waals surface area contributed by atoms with E-state index in [-0.39, 0.29) is 12.4 Å². The van der Waals surface area contributed by atoms with Crippen molar-refractivity contribution in [1.82, 2.24) is 5.32 Å². The first-order chi connectivity index (χ1) is 17.8. The molecule has 0 radical (unpaired) electrons. The lowest BCUT2D eigenvalue weighted by Crippen LogP contribution is -2.29. The highest BCUT2D eigenvalue weighted by molar-refractivity contribution is 14.1. The van der Waals surface area contributed by atoms with Gasteiger partial charge < -0.3 is 14.8 Å². The molecule has 184 valence electrons. The Morgan fingerprint density at radius 2 is 1.84 bits per heavy atom. The van der Waals surface area contributed by atoms with Crippen molar-refractivity contribution in [3.05, 3.63) is 113 Å². The van der Waals surface area contributed by atoms with Crippen LogP contribution in [0.2, 0.25) is 0 Å². The summed E-state index contributed by atoms with van der Waals surface area (Å²) in [5.41, 5.74) is 5.79. The Hall–Kier alpha value is -3.42. The van der Waals surface area contributed by atoms with Crippen molar-refractivity contribution < 1.29 is 19.1 Å². The number of fused-ring (bicyclic) bond motifs is 2. The van der Waals surface area contributed by atoms with Crippen LogP contribution in [0.15, 0.2) is 82.0 Å². The maximum Gasteiger partial charge on any atom is 0.336 e. The average molecular weight is 667 g/mol. The van der Waals surface area contributed by atoms with Gasteiger partial charge in [-0.3, -0.25) is 4.79 Å². The molecule has 0 fully saturated rings. The first kappa shape index (κ1) is 25.2. The number of carbonyl (C=O) groups is 2. The van der Waals surface area contributed by atoms with Gasteiger partial charge in [0.1, 0.15) is 12.4 Å². The quantitative estimate of drug-likeness (QED) is 0.256. The van der Waals surface area contributed by atoms with Crippen molar-refractivity contribution in [2.75, 3.05) is 7.11 Å². The first-order valence-corrected chi connectivity index (χ1v) is 13.3. The number of rotatable bonds is 5. The van der Waals surface area contributed by atoms with E-state index in [1.54, 1.807) is 12.1 Å². The number of benzene rings is 3. The summed E-state index contributed by atoms with van der Waals surface area (Å²) in [6, 6.07) is 20.7. The largest absolute Gasteiger partial charge is 0.487 e. The number of halogens is 2. The Morgan fingerprint density at radius 1 is 1.14 bits per heavy atom. The number of Topliss-reactive ketones (excluding diaryl/α,β-unsaturated/α-hetero) is 1. The molecule has 1 aliphatic heterocycles. The minimum absolute atomic E-state index is 0.114. The number of nitrogens with zero attached hydrogens (tertiary/aromatic N) is 1. The smallest absolute Gasteiger partial charge is 0.336 e. The maximum absolute atomic E-state index is 13.6. The Balaban J connectivity index is 1.58. The van der Waals surface area contributed by atoms with E-state index >= 15 is 0 Å². The van der Waals surface area contributed by atoms with Gasteiger partial charge in [-0.25, -0.2) is 4.79 Å². The molecule has 5 rings (SSSR count). The summed E-state index contributed by atoms with van der Waals surface area (Å²) < 4.78 is 12.7. The van der Waals surface area contributed by atoms with Crippen LogP contribution in [0.1, 0.15) is 45.5 Å². The van der Waals surface area contributed by atoms with Crippen molar-refractivity contribution in [2.45, 2.75) is 19.4 Å². The SMILES string of the molecule is COC(=O)C1=C(C)NC2=C(C(=O)c3ccccc32)[C@H]1c1cc(Br)c(OCc2ccccc2C#N)c(I)c1. The van der Waals surface area contributed by atoms with Crippen LogP contribution >= 0.6 is 38.5 Å². The molecule has 3 aromatic carbocycles. The fourth-order valence-corrected chi connectivity index (χ4v) is 6.60. The number of allylic oxidation sites excluding steroid dienone is 2. The van der Waals surface area contributed by atoms with E-state index < -0.39 is 11.9 Å². The third-order valence-corrected chi connectivity index (χ3v) is 7.91. The van der Waals surface area contributed by atoms with Crippen LogP contribution in [-0.2, 0) is 16.1 Å². The summed E-state index contributed by atoms with van der Waals surface area (Å²) in [5.74, 6) is -0.621. The molecule has 0 aromatic heterocycles. The van der Waals surface area contributed by atoms with Gasteiger partial charge in [0.15, 0.2) is 5.78 Å². The number of carbonyl (C=O) groups excluding carboxylic acids is 2. The molecule has 0 amide bonds. The molecule has 1 aliphatic carbocycles. The van der Waals surface area contributed by atoms with Gasteiger partial charge in [0.2, 0.25) is 0 Å². The predicted octanol–water partition coefficient (Wildman–Crippen LogP) is 6.25. The van der Waals surface area contributed by atoms with Gasteiger partial charge in [-0.15, -0.1) is 0 Å². The summed E-state index contributed by atoms with van der Waals surface area (Å²) in [4.78, 5) is 26.6. The van der Waals surface area contributed by atoms with Gasteiger partial charge >= 0.3 is 5.97 Å². The van der Waals surface area contributed by atoms with Gasteiger partial charge in [-0.1, -0.05) is 42.5 Å². The second kappa shape index (κ2) is 10.1. The molecule has 2 aliphatic rings. The highest BCUT2D eigenvalue weighted by Gasteiger charge is 2.43. The Morgan fingerprint density at radius 3 is 2.54 bits per heavy atom. The van der Waals surface area contributed by atoms with Gasteiger partial charge in [-0.05, 0) is 69.2 Å². The van der Waals surface area contributed by atoms with Crippen LogP contribution < -0.4 is 10.1 Å². The van der Waals surface area contributed by atoms with E-state index in [1.165, 1.54) is 7.11 Å².